The van der Waals surface area contributed by atoms with Crippen LogP contribution in [0.3, 0.4) is 0 Å². The molecule has 5 heteroatoms. The summed E-state index contributed by atoms with van der Waals surface area (Å²) in [5, 5.41) is 13.8. The van der Waals surface area contributed by atoms with Gasteiger partial charge in [0, 0.05) is 17.6 Å². The fraction of sp³-hybridized carbons (Fsp3) is 0.200. The highest BCUT2D eigenvalue weighted by atomic mass is 16.5. The molecule has 1 N–H and O–H groups in total. The lowest BCUT2D eigenvalue weighted by atomic mass is 10.0. The Labute approximate surface area is 146 Å². The van der Waals surface area contributed by atoms with Gasteiger partial charge in [0.15, 0.2) is 11.5 Å². The van der Waals surface area contributed by atoms with Crippen molar-refractivity contribution < 1.29 is 9.47 Å². The summed E-state index contributed by atoms with van der Waals surface area (Å²) in [4.78, 5) is 4.34. The number of hydrogen-bond acceptors (Lipinski definition) is 5. The molecule has 25 heavy (non-hydrogen) atoms. The van der Waals surface area contributed by atoms with E-state index in [1.165, 1.54) is 0 Å². The Kier molecular flexibility index (Phi) is 4.71. The molecule has 3 aromatic rings. The number of ether oxygens (including phenoxy) is 2. The Morgan fingerprint density at radius 2 is 1.84 bits per heavy atom. The molecule has 0 radical (unpaired) electrons. The Morgan fingerprint density at radius 1 is 1.08 bits per heavy atom. The average molecular weight is 333 g/mol. The molecule has 1 heterocycles. The largest absolute Gasteiger partial charge is 0.493 e. The highest BCUT2D eigenvalue weighted by molar-refractivity contribution is 5.94. The van der Waals surface area contributed by atoms with Crippen LogP contribution in [0.4, 0.5) is 5.69 Å². The topological polar surface area (TPSA) is 67.2 Å². The first kappa shape index (κ1) is 16.6. The van der Waals surface area contributed by atoms with Crippen LogP contribution < -0.4 is 14.8 Å². The maximum atomic E-state index is 9.45. The van der Waals surface area contributed by atoms with Crippen LogP contribution in [-0.2, 0) is 0 Å². The molecule has 0 aliphatic rings. The molecular formula is C20H19N3O2. The predicted molar refractivity (Wildman–Crippen MR) is 98.0 cm³/mol. The summed E-state index contributed by atoms with van der Waals surface area (Å²) in [6.07, 6.45) is 1.60. The van der Waals surface area contributed by atoms with E-state index in [1.54, 1.807) is 20.4 Å². The Bertz CT molecular complexity index is 947. The summed E-state index contributed by atoms with van der Waals surface area (Å²) in [6, 6.07) is 15.8. The second kappa shape index (κ2) is 7.10. The van der Waals surface area contributed by atoms with Crippen molar-refractivity contribution in [1.82, 2.24) is 4.98 Å². The van der Waals surface area contributed by atoms with E-state index in [0.29, 0.717) is 17.1 Å². The lowest BCUT2D eigenvalue weighted by molar-refractivity contribution is 0.354. The molecular weight excluding hydrogens is 314 g/mol. The summed E-state index contributed by atoms with van der Waals surface area (Å²) < 4.78 is 10.7. The van der Waals surface area contributed by atoms with Crippen LogP contribution in [-0.4, -0.2) is 19.2 Å². The molecule has 1 atom stereocenters. The van der Waals surface area contributed by atoms with E-state index in [-0.39, 0.29) is 6.04 Å². The van der Waals surface area contributed by atoms with Crippen LogP contribution in [0.5, 0.6) is 11.5 Å². The minimum absolute atomic E-state index is 0.0299. The van der Waals surface area contributed by atoms with Crippen LogP contribution >= 0.6 is 0 Å². The van der Waals surface area contributed by atoms with Crippen molar-refractivity contribution in [3.63, 3.8) is 0 Å². The molecule has 0 aliphatic heterocycles. The van der Waals surface area contributed by atoms with Gasteiger partial charge in [-0.15, -0.1) is 0 Å². The maximum absolute atomic E-state index is 9.45. The van der Waals surface area contributed by atoms with Gasteiger partial charge in [-0.1, -0.05) is 24.3 Å². The Morgan fingerprint density at radius 3 is 2.56 bits per heavy atom. The van der Waals surface area contributed by atoms with E-state index in [9.17, 15) is 5.26 Å². The monoisotopic (exact) mass is 333 g/mol. The number of pyridine rings is 1. The average Bonchev–Trinajstić information content (AvgIpc) is 2.67. The Hall–Kier alpha value is -3.26. The van der Waals surface area contributed by atoms with E-state index in [4.69, 9.17) is 9.47 Å². The standard InChI is InChI=1S/C20H19N3O2/c1-13(14-8-9-18(24-2)19(10-14)25-3)23-20-15(11-21)12-22-17-7-5-4-6-16(17)20/h4-10,12-13H,1-3H3,(H,22,23). The van der Waals surface area contributed by atoms with Gasteiger partial charge in [-0.2, -0.15) is 5.26 Å². The molecule has 2 aromatic carbocycles. The number of benzene rings is 2. The second-order valence-corrected chi connectivity index (χ2v) is 5.66. The van der Waals surface area contributed by atoms with Gasteiger partial charge >= 0.3 is 0 Å². The van der Waals surface area contributed by atoms with Crippen molar-refractivity contribution >= 4 is 16.6 Å². The first-order chi connectivity index (χ1) is 12.2. The van der Waals surface area contributed by atoms with Crippen LogP contribution in [0.25, 0.3) is 10.9 Å². The van der Waals surface area contributed by atoms with Gasteiger partial charge < -0.3 is 14.8 Å². The van der Waals surface area contributed by atoms with Crippen LogP contribution in [0.2, 0.25) is 0 Å². The molecule has 0 fully saturated rings. The number of nitriles is 1. The van der Waals surface area contributed by atoms with Crippen molar-refractivity contribution in [2.75, 3.05) is 19.5 Å². The maximum Gasteiger partial charge on any atom is 0.161 e. The number of fused-ring (bicyclic) bond motifs is 1. The van der Waals surface area contributed by atoms with E-state index in [0.717, 1.165) is 22.2 Å². The number of para-hydroxylation sites is 1. The molecule has 3 rings (SSSR count). The fourth-order valence-electron chi connectivity index (χ4n) is 2.80. The quantitative estimate of drug-likeness (QED) is 0.754. The fourth-order valence-corrected chi connectivity index (χ4v) is 2.80. The molecule has 0 bridgehead atoms. The van der Waals surface area contributed by atoms with Crippen LogP contribution in [0, 0.1) is 11.3 Å². The number of nitrogens with one attached hydrogen (secondary N) is 1. The normalized spacial score (nSPS) is 11.6. The Balaban J connectivity index is 2.00. The molecule has 1 unspecified atom stereocenters. The summed E-state index contributed by atoms with van der Waals surface area (Å²) in [5.74, 6) is 1.36. The molecule has 0 aliphatic carbocycles. The lowest BCUT2D eigenvalue weighted by Crippen LogP contribution is -2.09. The van der Waals surface area contributed by atoms with Gasteiger partial charge in [0.05, 0.1) is 31.0 Å². The van der Waals surface area contributed by atoms with Crippen molar-refractivity contribution in [2.45, 2.75) is 13.0 Å². The molecule has 0 amide bonds. The summed E-state index contributed by atoms with van der Waals surface area (Å²) in [6.45, 7) is 2.04. The molecule has 126 valence electrons. The number of methoxy groups -OCH3 is 2. The first-order valence-corrected chi connectivity index (χ1v) is 7.94. The second-order valence-electron chi connectivity index (χ2n) is 5.66. The van der Waals surface area contributed by atoms with Gasteiger partial charge in [0.1, 0.15) is 6.07 Å². The van der Waals surface area contributed by atoms with Crippen molar-refractivity contribution in [1.29, 1.82) is 5.26 Å². The molecule has 0 saturated carbocycles. The smallest absolute Gasteiger partial charge is 0.161 e. The third-order valence-electron chi connectivity index (χ3n) is 4.16. The van der Waals surface area contributed by atoms with Gasteiger partial charge in [-0.05, 0) is 30.7 Å². The predicted octanol–water partition coefficient (Wildman–Crippen LogP) is 4.30. The molecule has 0 spiro atoms. The SMILES string of the molecule is COc1ccc(C(C)Nc2c(C#N)cnc3ccccc23)cc1OC. The third kappa shape index (κ3) is 3.20. The molecule has 0 saturated heterocycles. The zero-order chi connectivity index (χ0) is 17.8. The third-order valence-corrected chi connectivity index (χ3v) is 4.16. The minimum Gasteiger partial charge on any atom is -0.493 e. The van der Waals surface area contributed by atoms with Gasteiger partial charge in [-0.3, -0.25) is 4.98 Å². The zero-order valence-corrected chi connectivity index (χ0v) is 14.4. The van der Waals surface area contributed by atoms with E-state index < -0.39 is 0 Å². The van der Waals surface area contributed by atoms with E-state index in [1.807, 2.05) is 49.4 Å². The van der Waals surface area contributed by atoms with Crippen molar-refractivity contribution in [3.8, 4) is 17.6 Å². The number of nitrogens with zero attached hydrogens (tertiary/aromatic N) is 2. The van der Waals surface area contributed by atoms with E-state index in [2.05, 4.69) is 16.4 Å². The van der Waals surface area contributed by atoms with Crippen molar-refractivity contribution in [3.05, 3.63) is 59.8 Å². The molecule has 1 aromatic heterocycles. The van der Waals surface area contributed by atoms with Gasteiger partial charge in [0.2, 0.25) is 0 Å². The van der Waals surface area contributed by atoms with Crippen LogP contribution in [0.15, 0.2) is 48.7 Å². The highest BCUT2D eigenvalue weighted by Gasteiger charge is 2.14. The lowest BCUT2D eigenvalue weighted by Gasteiger charge is -2.19. The summed E-state index contributed by atoms with van der Waals surface area (Å²) >= 11 is 0. The van der Waals surface area contributed by atoms with Gasteiger partial charge in [-0.25, -0.2) is 0 Å². The van der Waals surface area contributed by atoms with Gasteiger partial charge in [0.25, 0.3) is 0 Å². The van der Waals surface area contributed by atoms with Crippen molar-refractivity contribution in [2.24, 2.45) is 0 Å². The highest BCUT2D eigenvalue weighted by Crippen LogP contribution is 2.33. The summed E-state index contributed by atoms with van der Waals surface area (Å²) in [5.41, 5.74) is 3.19. The number of anilines is 1. The van der Waals surface area contributed by atoms with E-state index >= 15 is 0 Å². The molecule has 5 nitrogen and oxygen atoms in total. The summed E-state index contributed by atoms with van der Waals surface area (Å²) in [7, 11) is 3.23. The number of aromatic nitrogens is 1. The first-order valence-electron chi connectivity index (χ1n) is 7.94. The zero-order valence-electron chi connectivity index (χ0n) is 14.4. The number of rotatable bonds is 5. The minimum atomic E-state index is -0.0299. The van der Waals surface area contributed by atoms with Crippen LogP contribution in [0.1, 0.15) is 24.1 Å². The number of hydrogen-bond donors (Lipinski definition) is 1.